The summed E-state index contributed by atoms with van der Waals surface area (Å²) in [5.74, 6) is 0.745. The predicted octanol–water partition coefficient (Wildman–Crippen LogP) is -0.267. The first-order valence-corrected chi connectivity index (χ1v) is 6.77. The van der Waals surface area contributed by atoms with Crippen molar-refractivity contribution in [1.29, 1.82) is 0 Å². The van der Waals surface area contributed by atoms with Gasteiger partial charge in [0.05, 0.1) is 11.8 Å². The van der Waals surface area contributed by atoms with Gasteiger partial charge >= 0.3 is 0 Å². The van der Waals surface area contributed by atoms with E-state index in [9.17, 15) is 8.42 Å². The molecule has 0 saturated heterocycles. The van der Waals surface area contributed by atoms with Crippen molar-refractivity contribution < 1.29 is 8.42 Å². The fourth-order valence-corrected chi connectivity index (χ4v) is 1.77. The van der Waals surface area contributed by atoms with Crippen molar-refractivity contribution in [3.63, 3.8) is 0 Å². The van der Waals surface area contributed by atoms with Gasteiger partial charge in [0.1, 0.15) is 16.2 Å². The van der Waals surface area contributed by atoms with Crippen LogP contribution in [0.3, 0.4) is 0 Å². The number of nitrogens with zero attached hydrogens (tertiary/aromatic N) is 3. The molecule has 1 unspecified atom stereocenters. The number of aryl methyl sites for hydroxylation is 1. The number of aromatic nitrogens is 3. The average molecular weight is 232 g/mol. The molecule has 1 atom stereocenters. The zero-order chi connectivity index (χ0) is 11.5. The smallest absolute Gasteiger partial charge is 0.166 e. The standard InChI is InChI=1S/C8H16N4O2S/c1-7(9)8-10-6-12(11-8)4-3-5-15(2,13)14/h6-7H,3-5,9H2,1-2H3. The normalized spacial score (nSPS) is 14.1. The van der Waals surface area contributed by atoms with Gasteiger partial charge in [0.2, 0.25) is 0 Å². The van der Waals surface area contributed by atoms with Gasteiger partial charge < -0.3 is 5.73 Å². The van der Waals surface area contributed by atoms with E-state index in [1.165, 1.54) is 6.26 Å². The highest BCUT2D eigenvalue weighted by Crippen LogP contribution is 2.01. The van der Waals surface area contributed by atoms with Crippen LogP contribution in [0.2, 0.25) is 0 Å². The van der Waals surface area contributed by atoms with Crippen molar-refractivity contribution in [2.75, 3.05) is 12.0 Å². The molecule has 0 aromatic carbocycles. The molecule has 0 fully saturated rings. The van der Waals surface area contributed by atoms with E-state index in [4.69, 9.17) is 5.73 Å². The summed E-state index contributed by atoms with van der Waals surface area (Å²) in [5, 5.41) is 4.12. The Balaban J connectivity index is 2.45. The molecule has 1 rings (SSSR count). The highest BCUT2D eigenvalue weighted by molar-refractivity contribution is 7.90. The van der Waals surface area contributed by atoms with Gasteiger partial charge in [0.15, 0.2) is 5.82 Å². The second kappa shape index (κ2) is 4.71. The van der Waals surface area contributed by atoms with E-state index in [0.717, 1.165) is 0 Å². The zero-order valence-corrected chi connectivity index (χ0v) is 9.74. The zero-order valence-electron chi connectivity index (χ0n) is 8.92. The number of sulfone groups is 1. The van der Waals surface area contributed by atoms with E-state index < -0.39 is 9.84 Å². The maximum Gasteiger partial charge on any atom is 0.166 e. The molecule has 7 heteroatoms. The van der Waals surface area contributed by atoms with E-state index in [1.807, 2.05) is 0 Å². The van der Waals surface area contributed by atoms with Gasteiger partial charge in [-0.05, 0) is 13.3 Å². The minimum absolute atomic E-state index is 0.167. The summed E-state index contributed by atoms with van der Waals surface area (Å²) in [6.07, 6.45) is 3.34. The van der Waals surface area contributed by atoms with E-state index in [1.54, 1.807) is 17.9 Å². The molecule has 0 aliphatic heterocycles. The maximum atomic E-state index is 10.9. The molecule has 1 aromatic rings. The Labute approximate surface area is 89.4 Å². The molecule has 1 aromatic heterocycles. The van der Waals surface area contributed by atoms with Gasteiger partial charge in [0, 0.05) is 12.8 Å². The predicted molar refractivity (Wildman–Crippen MR) is 57.0 cm³/mol. The molecule has 0 amide bonds. The highest BCUT2D eigenvalue weighted by Gasteiger charge is 2.06. The molecular formula is C8H16N4O2S. The molecule has 15 heavy (non-hydrogen) atoms. The molecule has 1 heterocycles. The monoisotopic (exact) mass is 232 g/mol. The fraction of sp³-hybridized carbons (Fsp3) is 0.750. The first kappa shape index (κ1) is 12.1. The van der Waals surface area contributed by atoms with Crippen molar-refractivity contribution in [2.45, 2.75) is 25.9 Å². The van der Waals surface area contributed by atoms with Gasteiger partial charge in [-0.15, -0.1) is 0 Å². The molecule has 0 radical (unpaired) electrons. The summed E-state index contributed by atoms with van der Waals surface area (Å²) in [7, 11) is -2.89. The topological polar surface area (TPSA) is 90.9 Å². The largest absolute Gasteiger partial charge is 0.321 e. The summed E-state index contributed by atoms with van der Waals surface area (Å²) in [6, 6.07) is -0.193. The van der Waals surface area contributed by atoms with Crippen LogP contribution in [0.1, 0.15) is 25.2 Å². The van der Waals surface area contributed by atoms with Gasteiger partial charge in [-0.1, -0.05) is 0 Å². The Morgan fingerprint density at radius 3 is 2.73 bits per heavy atom. The van der Waals surface area contributed by atoms with Gasteiger partial charge in [0.25, 0.3) is 0 Å². The van der Waals surface area contributed by atoms with Crippen LogP contribution in [0.5, 0.6) is 0 Å². The lowest BCUT2D eigenvalue weighted by Crippen LogP contribution is -2.10. The summed E-state index contributed by atoms with van der Waals surface area (Å²) >= 11 is 0. The first-order valence-electron chi connectivity index (χ1n) is 4.71. The van der Waals surface area contributed by atoms with Crippen molar-refractivity contribution in [1.82, 2.24) is 14.8 Å². The fourth-order valence-electron chi connectivity index (χ4n) is 1.11. The Hall–Kier alpha value is -0.950. The maximum absolute atomic E-state index is 10.9. The molecule has 2 N–H and O–H groups in total. The third-order valence-corrected chi connectivity index (χ3v) is 2.89. The van der Waals surface area contributed by atoms with Gasteiger partial charge in [-0.2, -0.15) is 5.10 Å². The number of hydrogen-bond donors (Lipinski definition) is 1. The van der Waals surface area contributed by atoms with Crippen LogP contribution < -0.4 is 5.73 Å². The lowest BCUT2D eigenvalue weighted by Gasteiger charge is -2.00. The number of hydrogen-bond acceptors (Lipinski definition) is 5. The lowest BCUT2D eigenvalue weighted by molar-refractivity contribution is 0.568. The molecular weight excluding hydrogens is 216 g/mol. The van der Waals surface area contributed by atoms with Crippen LogP contribution in [0.4, 0.5) is 0 Å². The van der Waals surface area contributed by atoms with Crippen molar-refractivity contribution in [3.05, 3.63) is 12.2 Å². The van der Waals surface area contributed by atoms with E-state index in [-0.39, 0.29) is 11.8 Å². The van der Waals surface area contributed by atoms with Crippen LogP contribution in [0, 0.1) is 0 Å². The second-order valence-electron chi connectivity index (χ2n) is 3.64. The Bertz CT molecular complexity index is 410. The van der Waals surface area contributed by atoms with E-state index >= 15 is 0 Å². The first-order chi connectivity index (χ1) is 6.88. The molecule has 86 valence electrons. The SMILES string of the molecule is CC(N)c1ncn(CCCS(C)(=O)=O)n1. The van der Waals surface area contributed by atoms with Crippen LogP contribution in [-0.4, -0.2) is 35.2 Å². The lowest BCUT2D eigenvalue weighted by atomic mass is 10.3. The van der Waals surface area contributed by atoms with Gasteiger partial charge in [-0.25, -0.2) is 13.4 Å². The molecule has 0 bridgehead atoms. The molecule has 0 spiro atoms. The van der Waals surface area contributed by atoms with Crippen molar-refractivity contribution in [3.8, 4) is 0 Å². The Morgan fingerprint density at radius 2 is 2.27 bits per heavy atom. The van der Waals surface area contributed by atoms with Crippen LogP contribution in [-0.2, 0) is 16.4 Å². The molecule has 6 nitrogen and oxygen atoms in total. The van der Waals surface area contributed by atoms with Crippen molar-refractivity contribution >= 4 is 9.84 Å². The van der Waals surface area contributed by atoms with Crippen LogP contribution >= 0.6 is 0 Å². The average Bonchev–Trinajstić information content (AvgIpc) is 2.50. The number of nitrogens with two attached hydrogens (primary N) is 1. The van der Waals surface area contributed by atoms with E-state index in [0.29, 0.717) is 18.8 Å². The summed E-state index contributed by atoms with van der Waals surface area (Å²) in [5.41, 5.74) is 5.59. The van der Waals surface area contributed by atoms with E-state index in [2.05, 4.69) is 10.1 Å². The molecule has 0 saturated carbocycles. The Kier molecular flexibility index (Phi) is 3.81. The van der Waals surface area contributed by atoms with Crippen LogP contribution in [0.15, 0.2) is 6.33 Å². The quantitative estimate of drug-likeness (QED) is 0.754. The van der Waals surface area contributed by atoms with Crippen LogP contribution in [0.25, 0.3) is 0 Å². The van der Waals surface area contributed by atoms with Gasteiger partial charge in [-0.3, -0.25) is 4.68 Å². The third-order valence-electron chi connectivity index (χ3n) is 1.86. The minimum Gasteiger partial charge on any atom is -0.321 e. The summed E-state index contributed by atoms with van der Waals surface area (Å²) < 4.78 is 23.4. The highest BCUT2D eigenvalue weighted by atomic mass is 32.2. The third kappa shape index (κ3) is 4.39. The minimum atomic E-state index is -2.89. The molecule has 0 aliphatic rings. The second-order valence-corrected chi connectivity index (χ2v) is 5.90. The number of rotatable bonds is 5. The Morgan fingerprint density at radius 1 is 1.60 bits per heavy atom. The summed E-state index contributed by atoms with van der Waals surface area (Å²) in [4.78, 5) is 4.01. The molecule has 0 aliphatic carbocycles. The summed E-state index contributed by atoms with van der Waals surface area (Å²) in [6.45, 7) is 2.35. The van der Waals surface area contributed by atoms with Crippen molar-refractivity contribution in [2.24, 2.45) is 5.73 Å².